The molecule has 2 aromatic heterocycles. The number of nitro groups is 1. The fourth-order valence-corrected chi connectivity index (χ4v) is 2.42. The number of aromatic nitrogens is 5. The van der Waals surface area contributed by atoms with E-state index in [1.807, 2.05) is 0 Å². The lowest BCUT2D eigenvalue weighted by Crippen LogP contribution is -2.16. The van der Waals surface area contributed by atoms with Gasteiger partial charge < -0.3 is 0 Å². The first-order valence-corrected chi connectivity index (χ1v) is 6.22. The van der Waals surface area contributed by atoms with Gasteiger partial charge in [0, 0.05) is 6.54 Å². The van der Waals surface area contributed by atoms with Crippen LogP contribution in [0.2, 0.25) is 5.28 Å². The number of rotatable bonds is 4. The third-order valence-electron chi connectivity index (χ3n) is 2.13. The van der Waals surface area contributed by atoms with Gasteiger partial charge in [-0.2, -0.15) is 0 Å². The molecule has 9 nitrogen and oxygen atoms in total. The van der Waals surface area contributed by atoms with E-state index in [4.69, 9.17) is 11.6 Å². The smallest absolute Gasteiger partial charge is 0.270 e. The van der Waals surface area contributed by atoms with Gasteiger partial charge in [0.25, 0.3) is 0 Å². The van der Waals surface area contributed by atoms with E-state index in [9.17, 15) is 14.9 Å². The summed E-state index contributed by atoms with van der Waals surface area (Å²) in [5, 5.41) is 17.1. The predicted octanol–water partition coefficient (Wildman–Crippen LogP) is 1.09. The Balaban J connectivity index is 2.45. The molecule has 0 atom stereocenters. The van der Waals surface area contributed by atoms with Crippen LogP contribution in [0, 0.1) is 10.1 Å². The van der Waals surface area contributed by atoms with Crippen LogP contribution in [0.5, 0.6) is 0 Å². The van der Waals surface area contributed by atoms with Crippen molar-refractivity contribution < 1.29 is 4.92 Å². The highest BCUT2D eigenvalue weighted by molar-refractivity contribution is 7.99. The second-order valence-corrected chi connectivity index (χ2v) is 4.54. The van der Waals surface area contributed by atoms with Crippen LogP contribution >= 0.6 is 23.4 Å². The Morgan fingerprint density at radius 2 is 2.37 bits per heavy atom. The molecule has 0 aliphatic rings. The Labute approximate surface area is 115 Å². The Bertz CT molecular complexity index is 683. The summed E-state index contributed by atoms with van der Waals surface area (Å²) in [5.74, 6) is 0. The molecule has 0 aromatic carbocycles. The minimum Gasteiger partial charge on any atom is -0.270 e. The molecule has 0 saturated carbocycles. The van der Waals surface area contributed by atoms with Gasteiger partial charge in [0.1, 0.15) is 6.20 Å². The van der Waals surface area contributed by atoms with Crippen molar-refractivity contribution in [1.82, 2.24) is 24.7 Å². The maximum absolute atomic E-state index is 11.4. The zero-order valence-electron chi connectivity index (χ0n) is 9.53. The first kappa shape index (κ1) is 13.5. The molecule has 2 aromatic rings. The maximum atomic E-state index is 11.4. The van der Waals surface area contributed by atoms with Crippen molar-refractivity contribution in [2.45, 2.75) is 23.7 Å². The Kier molecular flexibility index (Phi) is 3.81. The van der Waals surface area contributed by atoms with Crippen molar-refractivity contribution in [1.29, 1.82) is 0 Å². The summed E-state index contributed by atoms with van der Waals surface area (Å²) >= 11 is 6.48. The van der Waals surface area contributed by atoms with E-state index in [1.165, 1.54) is 4.57 Å². The predicted molar refractivity (Wildman–Crippen MR) is 66.3 cm³/mol. The molecule has 1 N–H and O–H groups in total. The fourth-order valence-electron chi connectivity index (χ4n) is 1.29. The highest BCUT2D eigenvalue weighted by Gasteiger charge is 2.20. The number of H-pyrrole nitrogens is 1. The second-order valence-electron chi connectivity index (χ2n) is 3.24. The quantitative estimate of drug-likeness (QED) is 0.388. The zero-order chi connectivity index (χ0) is 14.0. The number of nitrogens with one attached hydrogen (secondary N) is 1. The van der Waals surface area contributed by atoms with Crippen LogP contribution in [-0.4, -0.2) is 29.7 Å². The lowest BCUT2D eigenvalue weighted by Gasteiger charge is -2.02. The van der Waals surface area contributed by atoms with E-state index in [1.54, 1.807) is 6.92 Å². The maximum Gasteiger partial charge on any atom is 0.343 e. The van der Waals surface area contributed by atoms with Gasteiger partial charge in [-0.05, 0) is 30.3 Å². The molecule has 0 bridgehead atoms. The van der Waals surface area contributed by atoms with Crippen molar-refractivity contribution in [2.75, 3.05) is 0 Å². The van der Waals surface area contributed by atoms with Gasteiger partial charge in [-0.15, -0.1) is 5.10 Å². The van der Waals surface area contributed by atoms with E-state index in [0.717, 1.165) is 18.0 Å². The molecule has 0 spiro atoms. The number of halogens is 1. The Morgan fingerprint density at radius 3 is 3.00 bits per heavy atom. The first-order chi connectivity index (χ1) is 9.02. The average Bonchev–Trinajstić information content (AvgIpc) is 2.69. The number of aromatic amines is 1. The van der Waals surface area contributed by atoms with E-state index < -0.39 is 10.6 Å². The van der Waals surface area contributed by atoms with Crippen molar-refractivity contribution in [3.63, 3.8) is 0 Å². The standard InChI is InChI=1S/C8H7ClN6O3S/c1-2-14-7(16)12-13-8(14)19-5-4(15(17)18)3-10-6(9)11-5/h3H,2H2,1H3,(H,12,16). The molecule has 19 heavy (non-hydrogen) atoms. The molecule has 2 heterocycles. The largest absolute Gasteiger partial charge is 0.343 e. The third-order valence-corrected chi connectivity index (χ3v) is 3.30. The summed E-state index contributed by atoms with van der Waals surface area (Å²) in [6, 6.07) is 0. The van der Waals surface area contributed by atoms with Crippen LogP contribution in [0.1, 0.15) is 6.92 Å². The molecule has 0 fully saturated rings. The lowest BCUT2D eigenvalue weighted by molar-refractivity contribution is -0.388. The van der Waals surface area contributed by atoms with Crippen LogP contribution in [-0.2, 0) is 6.54 Å². The summed E-state index contributed by atoms with van der Waals surface area (Å²) in [6.07, 6.45) is 1.01. The summed E-state index contributed by atoms with van der Waals surface area (Å²) in [6.45, 7) is 2.13. The van der Waals surface area contributed by atoms with E-state index >= 15 is 0 Å². The van der Waals surface area contributed by atoms with Gasteiger partial charge in [-0.3, -0.25) is 14.7 Å². The molecule has 11 heteroatoms. The van der Waals surface area contributed by atoms with Crippen LogP contribution in [0.3, 0.4) is 0 Å². The monoisotopic (exact) mass is 302 g/mol. The molecule has 0 saturated heterocycles. The van der Waals surface area contributed by atoms with Crippen LogP contribution in [0.25, 0.3) is 0 Å². The van der Waals surface area contributed by atoms with E-state index in [0.29, 0.717) is 6.54 Å². The highest BCUT2D eigenvalue weighted by atomic mass is 35.5. The van der Waals surface area contributed by atoms with Gasteiger partial charge >= 0.3 is 11.4 Å². The van der Waals surface area contributed by atoms with Crippen molar-refractivity contribution in [3.05, 3.63) is 32.1 Å². The first-order valence-electron chi connectivity index (χ1n) is 5.03. The van der Waals surface area contributed by atoms with Crippen LogP contribution in [0.4, 0.5) is 5.69 Å². The van der Waals surface area contributed by atoms with Gasteiger partial charge in [-0.1, -0.05) is 0 Å². The summed E-state index contributed by atoms with van der Waals surface area (Å²) in [5.41, 5.74) is -0.694. The molecule has 0 amide bonds. The highest BCUT2D eigenvalue weighted by Crippen LogP contribution is 2.31. The summed E-state index contributed by atoms with van der Waals surface area (Å²) in [7, 11) is 0. The molecular formula is C8H7ClN6O3S. The number of nitrogens with zero attached hydrogens (tertiary/aromatic N) is 5. The molecule has 0 aliphatic heterocycles. The van der Waals surface area contributed by atoms with Crippen LogP contribution < -0.4 is 5.69 Å². The lowest BCUT2D eigenvalue weighted by atomic mass is 10.6. The van der Waals surface area contributed by atoms with Crippen molar-refractivity contribution in [3.8, 4) is 0 Å². The van der Waals surface area contributed by atoms with Gasteiger partial charge in [0.2, 0.25) is 5.28 Å². The van der Waals surface area contributed by atoms with Gasteiger partial charge in [0.05, 0.1) is 4.92 Å². The topological polar surface area (TPSA) is 120 Å². The molecular weight excluding hydrogens is 296 g/mol. The van der Waals surface area contributed by atoms with E-state index in [-0.39, 0.29) is 21.2 Å². The van der Waals surface area contributed by atoms with E-state index in [2.05, 4.69) is 20.2 Å². The Morgan fingerprint density at radius 1 is 1.63 bits per heavy atom. The van der Waals surface area contributed by atoms with Gasteiger partial charge in [0.15, 0.2) is 10.2 Å². The number of hydrogen-bond acceptors (Lipinski definition) is 7. The normalized spacial score (nSPS) is 10.6. The summed E-state index contributed by atoms with van der Waals surface area (Å²) in [4.78, 5) is 28.9. The molecule has 100 valence electrons. The van der Waals surface area contributed by atoms with Crippen molar-refractivity contribution in [2.24, 2.45) is 0 Å². The SMILES string of the molecule is CCn1c(Sc2nc(Cl)ncc2[N+](=O)[O-])n[nH]c1=O. The van der Waals surface area contributed by atoms with Crippen molar-refractivity contribution >= 4 is 29.1 Å². The number of hydrogen-bond donors (Lipinski definition) is 1. The van der Waals surface area contributed by atoms with Crippen LogP contribution in [0.15, 0.2) is 21.2 Å². The second kappa shape index (κ2) is 5.36. The molecule has 0 radical (unpaired) electrons. The molecule has 2 rings (SSSR count). The minimum absolute atomic E-state index is 0.0266. The van der Waals surface area contributed by atoms with Gasteiger partial charge in [-0.25, -0.2) is 19.9 Å². The zero-order valence-corrected chi connectivity index (χ0v) is 11.1. The average molecular weight is 303 g/mol. The summed E-state index contributed by atoms with van der Waals surface area (Å²) < 4.78 is 1.32. The fraction of sp³-hybridized carbons (Fsp3) is 0.250. The molecule has 0 unspecified atom stereocenters. The Hall–Kier alpha value is -1.94. The third kappa shape index (κ3) is 2.74. The minimum atomic E-state index is -0.625. The molecule has 0 aliphatic carbocycles.